The van der Waals surface area contributed by atoms with Gasteiger partial charge in [0.2, 0.25) is 11.8 Å². The summed E-state index contributed by atoms with van der Waals surface area (Å²) in [6, 6.07) is 26.2. The van der Waals surface area contributed by atoms with Gasteiger partial charge < -0.3 is 15.0 Å². The molecule has 1 atom stereocenters. The number of methoxy groups -OCH3 is 1. The predicted octanol–water partition coefficient (Wildman–Crippen LogP) is 6.28. The molecule has 0 unspecified atom stereocenters. The highest BCUT2D eigenvalue weighted by Gasteiger charge is 2.35. The van der Waals surface area contributed by atoms with Crippen LogP contribution in [0.15, 0.2) is 102 Å². The van der Waals surface area contributed by atoms with Crippen molar-refractivity contribution in [3.8, 4) is 5.75 Å². The molecule has 0 aliphatic rings. The van der Waals surface area contributed by atoms with Crippen LogP contribution in [-0.4, -0.2) is 51.4 Å². The maximum Gasteiger partial charge on any atom is 0.264 e. The van der Waals surface area contributed by atoms with Crippen LogP contribution in [0.25, 0.3) is 0 Å². The second-order valence-electron chi connectivity index (χ2n) is 10.4. The van der Waals surface area contributed by atoms with Gasteiger partial charge in [0.1, 0.15) is 18.3 Å². The number of rotatable bonds is 13. The van der Waals surface area contributed by atoms with Gasteiger partial charge in [0.15, 0.2) is 0 Å². The highest BCUT2D eigenvalue weighted by molar-refractivity contribution is 7.92. The third-order valence-corrected chi connectivity index (χ3v) is 9.45. The van der Waals surface area contributed by atoms with Crippen molar-refractivity contribution in [1.29, 1.82) is 0 Å². The van der Waals surface area contributed by atoms with Crippen LogP contribution in [0.1, 0.15) is 23.6 Å². The lowest BCUT2D eigenvalue weighted by Crippen LogP contribution is -2.53. The molecule has 0 radical (unpaired) electrons. The molecule has 4 aromatic rings. The number of sulfonamides is 1. The summed E-state index contributed by atoms with van der Waals surface area (Å²) < 4.78 is 35.0. The fraction of sp³-hybridized carbons (Fsp3) is 0.235. The lowest BCUT2D eigenvalue weighted by atomic mass is 10.0. The van der Waals surface area contributed by atoms with Gasteiger partial charge >= 0.3 is 0 Å². The third kappa shape index (κ3) is 8.57. The Morgan fingerprint density at radius 3 is 2.13 bits per heavy atom. The Morgan fingerprint density at radius 2 is 1.51 bits per heavy atom. The van der Waals surface area contributed by atoms with Crippen LogP contribution in [0, 0.1) is 6.92 Å². The number of amides is 2. The highest BCUT2D eigenvalue weighted by Crippen LogP contribution is 2.35. The topological polar surface area (TPSA) is 96.0 Å². The zero-order valence-electron chi connectivity index (χ0n) is 25.2. The Bertz CT molecular complexity index is 1720. The number of benzene rings is 4. The maximum absolute atomic E-state index is 14.5. The summed E-state index contributed by atoms with van der Waals surface area (Å²) in [7, 11) is -2.91. The van der Waals surface area contributed by atoms with Crippen molar-refractivity contribution in [1.82, 2.24) is 10.2 Å². The number of carbonyl (C=O) groups is 2. The van der Waals surface area contributed by atoms with Crippen LogP contribution in [0.5, 0.6) is 5.75 Å². The standard InChI is InChI=1S/C34H35Cl2N3O5S/c1-4-37-34(41)31(20-25-8-6-5-7-9-25)38(22-26-12-14-27(35)15-13-26)33(40)23-39(30-21-28(36)16-19-32(30)44-3)45(42,43)29-17-10-24(2)11-18-29/h5-19,21,31H,4,20,22-23H2,1-3H3,(H,37,41)/t31-/m1/s1. The van der Waals surface area contributed by atoms with Gasteiger partial charge in [-0.3, -0.25) is 13.9 Å². The molecule has 45 heavy (non-hydrogen) atoms. The Balaban J connectivity index is 1.84. The van der Waals surface area contributed by atoms with E-state index in [9.17, 15) is 18.0 Å². The van der Waals surface area contributed by atoms with Crippen LogP contribution in [0.4, 0.5) is 5.69 Å². The molecule has 0 fully saturated rings. The molecule has 236 valence electrons. The van der Waals surface area contributed by atoms with Gasteiger partial charge in [0, 0.05) is 29.6 Å². The molecular formula is C34H35Cl2N3O5S. The van der Waals surface area contributed by atoms with Crippen LogP contribution in [0.2, 0.25) is 10.0 Å². The number of nitrogens with zero attached hydrogens (tertiary/aromatic N) is 2. The van der Waals surface area contributed by atoms with Crippen molar-refractivity contribution >= 4 is 50.7 Å². The van der Waals surface area contributed by atoms with Crippen LogP contribution < -0.4 is 14.4 Å². The number of halogens is 2. The zero-order chi connectivity index (χ0) is 32.6. The van der Waals surface area contributed by atoms with Gasteiger partial charge in [-0.2, -0.15) is 0 Å². The Hall–Kier alpha value is -4.05. The minimum Gasteiger partial charge on any atom is -0.495 e. The zero-order valence-corrected chi connectivity index (χ0v) is 27.6. The summed E-state index contributed by atoms with van der Waals surface area (Å²) in [5.41, 5.74) is 2.51. The number of aryl methyl sites for hydroxylation is 1. The quantitative estimate of drug-likeness (QED) is 0.181. The normalized spacial score (nSPS) is 11.8. The first-order valence-corrected chi connectivity index (χ1v) is 16.5. The van der Waals surface area contributed by atoms with E-state index in [1.807, 2.05) is 37.3 Å². The van der Waals surface area contributed by atoms with E-state index in [1.54, 1.807) is 49.4 Å². The van der Waals surface area contributed by atoms with Gasteiger partial charge in [0.05, 0.1) is 17.7 Å². The summed E-state index contributed by atoms with van der Waals surface area (Å²) in [4.78, 5) is 29.5. The number of nitrogens with one attached hydrogen (secondary N) is 1. The van der Waals surface area contributed by atoms with E-state index in [0.717, 1.165) is 15.4 Å². The van der Waals surface area contributed by atoms with E-state index in [0.29, 0.717) is 17.1 Å². The van der Waals surface area contributed by atoms with Gasteiger partial charge in [-0.15, -0.1) is 0 Å². The van der Waals surface area contributed by atoms with Crippen molar-refractivity contribution in [3.63, 3.8) is 0 Å². The van der Waals surface area contributed by atoms with Crippen LogP contribution in [-0.2, 0) is 32.6 Å². The van der Waals surface area contributed by atoms with Crippen LogP contribution >= 0.6 is 23.2 Å². The van der Waals surface area contributed by atoms with E-state index in [1.165, 1.54) is 36.3 Å². The third-order valence-electron chi connectivity index (χ3n) is 7.19. The average molecular weight is 669 g/mol. The molecule has 4 rings (SSSR count). The molecular weight excluding hydrogens is 633 g/mol. The highest BCUT2D eigenvalue weighted by atomic mass is 35.5. The van der Waals surface area contributed by atoms with Gasteiger partial charge in [-0.05, 0) is 67.4 Å². The van der Waals surface area contributed by atoms with Crippen molar-refractivity contribution in [2.75, 3.05) is 24.5 Å². The lowest BCUT2D eigenvalue weighted by Gasteiger charge is -2.34. The van der Waals surface area contributed by atoms with Crippen molar-refractivity contribution in [3.05, 3.63) is 124 Å². The Labute approximate surface area is 274 Å². The Morgan fingerprint density at radius 1 is 0.867 bits per heavy atom. The maximum atomic E-state index is 14.5. The van der Waals surface area contributed by atoms with Gasteiger partial charge in [-0.25, -0.2) is 8.42 Å². The number of anilines is 1. The summed E-state index contributed by atoms with van der Waals surface area (Å²) in [6.07, 6.45) is 0.206. The van der Waals surface area contributed by atoms with E-state index in [4.69, 9.17) is 27.9 Å². The van der Waals surface area contributed by atoms with Crippen molar-refractivity contribution < 1.29 is 22.7 Å². The molecule has 0 aromatic heterocycles. The van der Waals surface area contributed by atoms with Crippen LogP contribution in [0.3, 0.4) is 0 Å². The lowest BCUT2D eigenvalue weighted by molar-refractivity contribution is -0.140. The second-order valence-corrected chi connectivity index (χ2v) is 13.1. The summed E-state index contributed by atoms with van der Waals surface area (Å²) in [6.45, 7) is 3.38. The number of hydrogen-bond donors (Lipinski definition) is 1. The van der Waals surface area contributed by atoms with E-state index in [2.05, 4.69) is 5.32 Å². The molecule has 8 nitrogen and oxygen atoms in total. The first kappa shape index (κ1) is 33.8. The fourth-order valence-electron chi connectivity index (χ4n) is 4.84. The SMILES string of the molecule is CCNC(=O)[C@@H](Cc1ccccc1)N(Cc1ccc(Cl)cc1)C(=O)CN(c1cc(Cl)ccc1OC)S(=O)(=O)c1ccc(C)cc1. The molecule has 0 aliphatic heterocycles. The minimum atomic E-state index is -4.31. The minimum absolute atomic E-state index is 0.0169. The monoisotopic (exact) mass is 667 g/mol. The smallest absolute Gasteiger partial charge is 0.264 e. The molecule has 4 aromatic carbocycles. The van der Waals surface area contributed by atoms with E-state index >= 15 is 0 Å². The van der Waals surface area contributed by atoms with Gasteiger partial charge in [-0.1, -0.05) is 83.4 Å². The average Bonchev–Trinajstić information content (AvgIpc) is 3.03. The Kier molecular flexibility index (Phi) is 11.5. The molecule has 2 amide bonds. The largest absolute Gasteiger partial charge is 0.495 e. The van der Waals surface area contributed by atoms with E-state index in [-0.39, 0.29) is 40.2 Å². The molecule has 1 N–H and O–H groups in total. The number of ether oxygens (including phenoxy) is 1. The second kappa shape index (κ2) is 15.3. The summed E-state index contributed by atoms with van der Waals surface area (Å²) in [5.74, 6) is -0.761. The summed E-state index contributed by atoms with van der Waals surface area (Å²) in [5, 5.41) is 3.62. The number of likely N-dealkylation sites (N-methyl/N-ethyl adjacent to an activating group) is 1. The predicted molar refractivity (Wildman–Crippen MR) is 178 cm³/mol. The molecule has 0 saturated heterocycles. The molecule has 0 aliphatic carbocycles. The molecule has 0 spiro atoms. The summed E-state index contributed by atoms with van der Waals surface area (Å²) >= 11 is 12.5. The number of carbonyl (C=O) groups excluding carboxylic acids is 2. The van der Waals surface area contributed by atoms with E-state index < -0.39 is 28.5 Å². The molecule has 0 saturated carbocycles. The first-order chi connectivity index (χ1) is 21.5. The number of hydrogen-bond acceptors (Lipinski definition) is 5. The van der Waals surface area contributed by atoms with Crippen molar-refractivity contribution in [2.24, 2.45) is 0 Å². The molecule has 0 bridgehead atoms. The first-order valence-electron chi connectivity index (χ1n) is 14.3. The van der Waals surface area contributed by atoms with Gasteiger partial charge in [0.25, 0.3) is 10.0 Å². The molecule has 0 heterocycles. The molecule has 11 heteroatoms. The van der Waals surface area contributed by atoms with Crippen molar-refractivity contribution in [2.45, 2.75) is 37.8 Å². The fourth-order valence-corrected chi connectivity index (χ4v) is 6.55.